The monoisotopic (exact) mass is 287 g/mol. The molecule has 1 fully saturated rings. The molecule has 1 aromatic heterocycles. The predicted molar refractivity (Wildman–Crippen MR) is 72.7 cm³/mol. The van der Waals surface area contributed by atoms with Crippen LogP contribution in [0.2, 0.25) is 5.28 Å². The zero-order valence-corrected chi connectivity index (χ0v) is 11.4. The molecule has 2 rings (SSSR count). The van der Waals surface area contributed by atoms with Gasteiger partial charge < -0.3 is 20.1 Å². The Morgan fingerprint density at radius 3 is 2.74 bits per heavy atom. The highest BCUT2D eigenvalue weighted by atomic mass is 35.5. The summed E-state index contributed by atoms with van der Waals surface area (Å²) in [5, 5.41) is 12.0. The summed E-state index contributed by atoms with van der Waals surface area (Å²) in [6, 6.07) is 0. The maximum absolute atomic E-state index is 8.71. The van der Waals surface area contributed by atoms with Gasteiger partial charge in [0.25, 0.3) is 0 Å². The summed E-state index contributed by atoms with van der Waals surface area (Å²) in [6.07, 6.45) is 1.61. The van der Waals surface area contributed by atoms with Crippen molar-refractivity contribution in [1.29, 1.82) is 0 Å². The van der Waals surface area contributed by atoms with Crippen LogP contribution in [0.5, 0.6) is 0 Å². The topological polar surface area (TPSA) is 83.4 Å². The molecular weight excluding hydrogens is 270 g/mol. The summed E-state index contributed by atoms with van der Waals surface area (Å²) in [5.74, 6) is 1.05. The lowest BCUT2D eigenvalue weighted by molar-refractivity contribution is 0.122. The van der Waals surface area contributed by atoms with E-state index in [1.54, 1.807) is 0 Å². The third kappa shape index (κ3) is 4.45. The highest BCUT2D eigenvalue weighted by Gasteiger charge is 2.15. The standard InChI is InChI=1S/C11H18ClN5O2/c12-9-14-10(13-3-1-2-6-18)16-11(15-9)17-4-7-19-8-5-17/h18H,1-8H2,(H,13,14,15,16). The molecule has 0 unspecified atom stereocenters. The smallest absolute Gasteiger partial charge is 0.231 e. The molecule has 0 spiro atoms. The van der Waals surface area contributed by atoms with Crippen molar-refractivity contribution in [3.8, 4) is 0 Å². The van der Waals surface area contributed by atoms with Crippen LogP contribution in [0.4, 0.5) is 11.9 Å². The molecule has 7 nitrogen and oxygen atoms in total. The fraction of sp³-hybridized carbons (Fsp3) is 0.727. The number of aliphatic hydroxyl groups is 1. The van der Waals surface area contributed by atoms with Crippen molar-refractivity contribution >= 4 is 23.5 Å². The molecule has 8 heteroatoms. The van der Waals surface area contributed by atoms with Crippen molar-refractivity contribution in [3.05, 3.63) is 5.28 Å². The Morgan fingerprint density at radius 1 is 1.21 bits per heavy atom. The van der Waals surface area contributed by atoms with E-state index in [0.29, 0.717) is 31.7 Å². The minimum atomic E-state index is 0.182. The van der Waals surface area contributed by atoms with Crippen LogP contribution in [0.1, 0.15) is 12.8 Å². The SMILES string of the molecule is OCCCCNc1nc(Cl)nc(N2CCOCC2)n1. The van der Waals surface area contributed by atoms with Crippen LogP contribution >= 0.6 is 11.6 Å². The lowest BCUT2D eigenvalue weighted by Gasteiger charge is -2.26. The first-order valence-corrected chi connectivity index (χ1v) is 6.76. The van der Waals surface area contributed by atoms with Gasteiger partial charge in [-0.05, 0) is 24.4 Å². The van der Waals surface area contributed by atoms with E-state index < -0.39 is 0 Å². The largest absolute Gasteiger partial charge is 0.396 e. The van der Waals surface area contributed by atoms with E-state index in [1.165, 1.54) is 0 Å². The maximum atomic E-state index is 8.71. The number of aliphatic hydroxyl groups excluding tert-OH is 1. The van der Waals surface area contributed by atoms with E-state index in [-0.39, 0.29) is 11.9 Å². The minimum absolute atomic E-state index is 0.182. The van der Waals surface area contributed by atoms with Crippen LogP contribution in [0, 0.1) is 0 Å². The highest BCUT2D eigenvalue weighted by Crippen LogP contribution is 2.15. The first-order valence-electron chi connectivity index (χ1n) is 6.38. The minimum Gasteiger partial charge on any atom is -0.396 e. The number of ether oxygens (including phenoxy) is 1. The van der Waals surface area contributed by atoms with Crippen LogP contribution in [-0.2, 0) is 4.74 Å². The number of nitrogens with one attached hydrogen (secondary N) is 1. The number of nitrogens with zero attached hydrogens (tertiary/aromatic N) is 4. The third-order valence-corrected chi connectivity index (χ3v) is 2.93. The second kappa shape index (κ2) is 7.42. The van der Waals surface area contributed by atoms with Crippen molar-refractivity contribution in [1.82, 2.24) is 15.0 Å². The second-order valence-electron chi connectivity index (χ2n) is 4.18. The molecule has 19 heavy (non-hydrogen) atoms. The number of unbranched alkanes of at least 4 members (excludes halogenated alkanes) is 1. The van der Waals surface area contributed by atoms with Crippen molar-refractivity contribution in [2.75, 3.05) is 49.7 Å². The highest BCUT2D eigenvalue weighted by molar-refractivity contribution is 6.28. The number of anilines is 2. The number of hydrogen-bond acceptors (Lipinski definition) is 7. The van der Waals surface area contributed by atoms with Crippen molar-refractivity contribution in [3.63, 3.8) is 0 Å². The average molecular weight is 288 g/mol. The molecule has 106 valence electrons. The van der Waals surface area contributed by atoms with E-state index in [0.717, 1.165) is 25.9 Å². The summed E-state index contributed by atoms with van der Waals surface area (Å²) in [7, 11) is 0. The molecule has 1 aliphatic heterocycles. The number of halogens is 1. The van der Waals surface area contributed by atoms with Crippen LogP contribution < -0.4 is 10.2 Å². The Hall–Kier alpha value is -1.18. The van der Waals surface area contributed by atoms with Crippen molar-refractivity contribution in [2.45, 2.75) is 12.8 Å². The number of rotatable bonds is 6. The maximum Gasteiger partial charge on any atom is 0.231 e. The normalized spacial score (nSPS) is 15.6. The van der Waals surface area contributed by atoms with Gasteiger partial charge in [-0.3, -0.25) is 0 Å². The third-order valence-electron chi connectivity index (χ3n) is 2.76. The lowest BCUT2D eigenvalue weighted by Crippen LogP contribution is -2.37. The molecule has 2 N–H and O–H groups in total. The molecular formula is C11H18ClN5O2. The van der Waals surface area contributed by atoms with Gasteiger partial charge in [0, 0.05) is 26.2 Å². The molecule has 0 aromatic carbocycles. The molecule has 0 atom stereocenters. The average Bonchev–Trinajstić information content (AvgIpc) is 2.44. The van der Waals surface area contributed by atoms with Gasteiger partial charge in [0.1, 0.15) is 0 Å². The van der Waals surface area contributed by atoms with E-state index >= 15 is 0 Å². The number of aromatic nitrogens is 3. The van der Waals surface area contributed by atoms with E-state index in [4.69, 9.17) is 21.4 Å². The quantitative estimate of drug-likeness (QED) is 0.739. The summed E-state index contributed by atoms with van der Waals surface area (Å²) in [4.78, 5) is 14.5. The van der Waals surface area contributed by atoms with Gasteiger partial charge in [-0.1, -0.05) is 0 Å². The molecule has 1 aromatic rings. The van der Waals surface area contributed by atoms with Crippen LogP contribution in [0.3, 0.4) is 0 Å². The molecule has 0 bridgehead atoms. The van der Waals surface area contributed by atoms with Gasteiger partial charge in [-0.25, -0.2) is 0 Å². The first-order chi connectivity index (χ1) is 9.29. The molecule has 0 radical (unpaired) electrons. The van der Waals surface area contributed by atoms with Crippen LogP contribution in [0.15, 0.2) is 0 Å². The summed E-state index contributed by atoms with van der Waals surface area (Å²) in [6.45, 7) is 3.74. The van der Waals surface area contributed by atoms with Crippen LogP contribution in [-0.4, -0.2) is 59.5 Å². The summed E-state index contributed by atoms with van der Waals surface area (Å²) < 4.78 is 5.29. The molecule has 0 saturated carbocycles. The van der Waals surface area contributed by atoms with E-state index in [1.807, 2.05) is 4.90 Å². The summed E-state index contributed by atoms with van der Waals surface area (Å²) in [5.41, 5.74) is 0. The Labute approximate surface area is 117 Å². The van der Waals surface area contributed by atoms with Crippen LogP contribution in [0.25, 0.3) is 0 Å². The van der Waals surface area contributed by atoms with Gasteiger partial charge in [0.05, 0.1) is 13.2 Å². The van der Waals surface area contributed by atoms with Crippen molar-refractivity contribution in [2.24, 2.45) is 0 Å². The Balaban J connectivity index is 1.97. The Morgan fingerprint density at radius 2 is 2.00 bits per heavy atom. The van der Waals surface area contributed by atoms with Crippen molar-refractivity contribution < 1.29 is 9.84 Å². The first kappa shape index (κ1) is 14.2. The zero-order valence-electron chi connectivity index (χ0n) is 10.7. The molecule has 0 amide bonds. The Kier molecular flexibility index (Phi) is 5.56. The summed E-state index contributed by atoms with van der Waals surface area (Å²) >= 11 is 5.91. The van der Waals surface area contributed by atoms with Gasteiger partial charge in [0.15, 0.2) is 0 Å². The van der Waals surface area contributed by atoms with Gasteiger partial charge >= 0.3 is 0 Å². The van der Waals surface area contributed by atoms with Gasteiger partial charge in [-0.2, -0.15) is 15.0 Å². The predicted octanol–water partition coefficient (Wildman–Crippen LogP) is 0.546. The molecule has 2 heterocycles. The zero-order chi connectivity index (χ0) is 13.5. The van der Waals surface area contributed by atoms with Gasteiger partial charge in [0.2, 0.25) is 17.2 Å². The fourth-order valence-electron chi connectivity index (χ4n) is 1.76. The number of morpholine rings is 1. The molecule has 0 aliphatic carbocycles. The van der Waals surface area contributed by atoms with E-state index in [9.17, 15) is 0 Å². The van der Waals surface area contributed by atoms with Gasteiger partial charge in [-0.15, -0.1) is 0 Å². The number of hydrogen-bond donors (Lipinski definition) is 2. The molecule has 1 saturated heterocycles. The second-order valence-corrected chi connectivity index (χ2v) is 4.52. The Bertz CT molecular complexity index is 401. The molecule has 1 aliphatic rings. The van der Waals surface area contributed by atoms with E-state index in [2.05, 4.69) is 20.3 Å². The fourth-order valence-corrected chi connectivity index (χ4v) is 1.92. The lowest BCUT2D eigenvalue weighted by atomic mass is 10.3.